The molecule has 0 radical (unpaired) electrons. The van der Waals surface area contributed by atoms with Gasteiger partial charge in [0.2, 0.25) is 5.91 Å². The molecule has 3 rings (SSSR count). The van der Waals surface area contributed by atoms with Crippen molar-refractivity contribution in [3.05, 3.63) is 48.3 Å². The maximum atomic E-state index is 11.9. The van der Waals surface area contributed by atoms with Crippen LogP contribution >= 0.6 is 0 Å². The Bertz CT molecular complexity index is 740. The monoisotopic (exact) mass is 354 g/mol. The van der Waals surface area contributed by atoms with E-state index < -0.39 is 0 Å². The summed E-state index contributed by atoms with van der Waals surface area (Å²) in [4.78, 5) is 16.6. The predicted octanol–water partition coefficient (Wildman–Crippen LogP) is 1.95. The molecule has 0 bridgehead atoms. The molecule has 2 aromatic rings. The molecule has 0 fully saturated rings. The Morgan fingerprint density at radius 2 is 2.23 bits per heavy atom. The number of aliphatic imine (C=N–C) groups is 1. The van der Waals surface area contributed by atoms with Gasteiger partial charge in [0, 0.05) is 50.1 Å². The van der Waals surface area contributed by atoms with Crippen LogP contribution in [-0.4, -0.2) is 41.3 Å². The number of rotatable bonds is 7. The quantitative estimate of drug-likeness (QED) is 0.403. The van der Waals surface area contributed by atoms with Gasteiger partial charge in [0.1, 0.15) is 0 Å². The van der Waals surface area contributed by atoms with Crippen LogP contribution in [0, 0.1) is 0 Å². The zero-order valence-corrected chi connectivity index (χ0v) is 15.1. The van der Waals surface area contributed by atoms with Gasteiger partial charge in [-0.15, -0.1) is 0 Å². The van der Waals surface area contributed by atoms with Crippen LogP contribution in [0.1, 0.15) is 31.2 Å². The van der Waals surface area contributed by atoms with E-state index in [4.69, 9.17) is 4.99 Å². The van der Waals surface area contributed by atoms with Crippen LogP contribution < -0.4 is 16.0 Å². The van der Waals surface area contributed by atoms with Crippen molar-refractivity contribution in [3.8, 4) is 0 Å². The molecule has 1 aromatic carbocycles. The van der Waals surface area contributed by atoms with Gasteiger partial charge in [0.05, 0.1) is 6.54 Å². The highest BCUT2D eigenvalue weighted by Crippen LogP contribution is 2.31. The largest absolute Gasteiger partial charge is 0.357 e. The summed E-state index contributed by atoms with van der Waals surface area (Å²) in [5.41, 5.74) is 2.06. The van der Waals surface area contributed by atoms with Gasteiger partial charge in [-0.1, -0.05) is 18.2 Å². The van der Waals surface area contributed by atoms with Crippen LogP contribution in [0.4, 0.5) is 5.69 Å². The second-order valence-electron chi connectivity index (χ2n) is 6.31. The minimum Gasteiger partial charge on any atom is -0.357 e. The fraction of sp³-hybridized carbons (Fsp3) is 0.421. The smallest absolute Gasteiger partial charge is 0.225 e. The number of hydrogen-bond donors (Lipinski definition) is 3. The number of carbonyl (C=O) groups is 1. The number of para-hydroxylation sites is 1. The summed E-state index contributed by atoms with van der Waals surface area (Å²) in [5, 5.41) is 13.8. The SMILES string of the molecule is CCNC(=NCC1CC(=O)Nc2ccccc21)NCCCn1cccn1. The fourth-order valence-corrected chi connectivity index (χ4v) is 3.09. The maximum absolute atomic E-state index is 11.9. The Morgan fingerprint density at radius 1 is 1.35 bits per heavy atom. The number of nitrogens with one attached hydrogen (secondary N) is 3. The number of fused-ring (bicyclic) bond motifs is 1. The highest BCUT2D eigenvalue weighted by molar-refractivity contribution is 5.94. The van der Waals surface area contributed by atoms with E-state index in [-0.39, 0.29) is 11.8 Å². The molecule has 1 aliphatic heterocycles. The van der Waals surface area contributed by atoms with Crippen LogP contribution in [0.3, 0.4) is 0 Å². The molecule has 1 atom stereocenters. The van der Waals surface area contributed by atoms with Crippen LogP contribution in [-0.2, 0) is 11.3 Å². The summed E-state index contributed by atoms with van der Waals surface area (Å²) < 4.78 is 1.92. The zero-order chi connectivity index (χ0) is 18.2. The number of aryl methyl sites for hydroxylation is 1. The third-order valence-electron chi connectivity index (χ3n) is 4.34. The molecule has 3 N–H and O–H groups in total. The van der Waals surface area contributed by atoms with Gasteiger partial charge in [-0.2, -0.15) is 5.10 Å². The van der Waals surface area contributed by atoms with E-state index in [2.05, 4.69) is 27.1 Å². The van der Waals surface area contributed by atoms with Crippen LogP contribution in [0.25, 0.3) is 0 Å². The average molecular weight is 354 g/mol. The molecule has 0 saturated carbocycles. The highest BCUT2D eigenvalue weighted by atomic mass is 16.1. The van der Waals surface area contributed by atoms with E-state index in [0.29, 0.717) is 13.0 Å². The van der Waals surface area contributed by atoms with Crippen molar-refractivity contribution >= 4 is 17.6 Å². The number of benzene rings is 1. The Labute approximate surface area is 153 Å². The molecule has 138 valence electrons. The van der Waals surface area contributed by atoms with E-state index in [1.165, 1.54) is 0 Å². The Morgan fingerprint density at radius 3 is 3.04 bits per heavy atom. The molecule has 1 aromatic heterocycles. The van der Waals surface area contributed by atoms with Crippen molar-refractivity contribution in [2.45, 2.75) is 32.2 Å². The average Bonchev–Trinajstić information content (AvgIpc) is 3.16. The summed E-state index contributed by atoms with van der Waals surface area (Å²) in [6.07, 6.45) is 5.18. The lowest BCUT2D eigenvalue weighted by atomic mass is 9.91. The molecule has 7 nitrogen and oxygen atoms in total. The second kappa shape index (κ2) is 9.03. The number of anilines is 1. The normalized spacial score (nSPS) is 16.7. The van der Waals surface area contributed by atoms with E-state index in [1.54, 1.807) is 6.20 Å². The van der Waals surface area contributed by atoms with Crippen molar-refractivity contribution in [1.29, 1.82) is 0 Å². The standard InChI is InChI=1S/C19H26N6O/c1-2-20-19(21-9-5-11-25-12-6-10-23-25)22-14-15-13-18(26)24-17-8-4-3-7-16(15)17/h3-4,6-8,10,12,15H,2,5,9,11,13-14H2,1H3,(H,24,26)(H2,20,21,22). The number of carbonyl (C=O) groups excluding carboxylic acids is 1. The molecular weight excluding hydrogens is 328 g/mol. The molecule has 0 spiro atoms. The van der Waals surface area contributed by atoms with Gasteiger partial charge in [-0.25, -0.2) is 0 Å². The number of hydrogen-bond acceptors (Lipinski definition) is 3. The predicted molar refractivity (Wildman–Crippen MR) is 103 cm³/mol. The van der Waals surface area contributed by atoms with Gasteiger partial charge in [-0.05, 0) is 31.0 Å². The Kier molecular flexibility index (Phi) is 6.24. The first-order valence-electron chi connectivity index (χ1n) is 9.14. The first-order valence-corrected chi connectivity index (χ1v) is 9.14. The number of guanidine groups is 1. The summed E-state index contributed by atoms with van der Waals surface area (Å²) in [7, 11) is 0. The molecular formula is C19H26N6O. The summed E-state index contributed by atoms with van der Waals surface area (Å²) in [6.45, 7) is 5.11. The van der Waals surface area contributed by atoms with E-state index in [9.17, 15) is 4.79 Å². The van der Waals surface area contributed by atoms with Crippen molar-refractivity contribution in [2.24, 2.45) is 4.99 Å². The van der Waals surface area contributed by atoms with Gasteiger partial charge in [0.15, 0.2) is 5.96 Å². The molecule has 0 saturated heterocycles. The summed E-state index contributed by atoms with van der Waals surface area (Å²) in [6, 6.07) is 9.89. The number of amides is 1. The maximum Gasteiger partial charge on any atom is 0.225 e. The Hall–Kier alpha value is -2.83. The topological polar surface area (TPSA) is 83.3 Å². The van der Waals surface area contributed by atoms with Gasteiger partial charge in [-0.3, -0.25) is 14.5 Å². The number of aromatic nitrogens is 2. The molecule has 1 aliphatic rings. The molecule has 7 heteroatoms. The van der Waals surface area contributed by atoms with Crippen molar-refractivity contribution in [2.75, 3.05) is 25.0 Å². The highest BCUT2D eigenvalue weighted by Gasteiger charge is 2.24. The third kappa shape index (κ3) is 4.84. The third-order valence-corrected chi connectivity index (χ3v) is 4.34. The summed E-state index contributed by atoms with van der Waals surface area (Å²) >= 11 is 0. The molecule has 2 heterocycles. The van der Waals surface area contributed by atoms with Gasteiger partial charge in [0.25, 0.3) is 0 Å². The zero-order valence-electron chi connectivity index (χ0n) is 15.1. The van der Waals surface area contributed by atoms with Crippen molar-refractivity contribution in [3.63, 3.8) is 0 Å². The first kappa shape index (κ1) is 18.0. The van der Waals surface area contributed by atoms with Gasteiger partial charge < -0.3 is 16.0 Å². The van der Waals surface area contributed by atoms with Crippen LogP contribution in [0.15, 0.2) is 47.7 Å². The van der Waals surface area contributed by atoms with Crippen molar-refractivity contribution < 1.29 is 4.79 Å². The molecule has 1 unspecified atom stereocenters. The van der Waals surface area contributed by atoms with Crippen LogP contribution in [0.2, 0.25) is 0 Å². The lowest BCUT2D eigenvalue weighted by Crippen LogP contribution is -2.38. The van der Waals surface area contributed by atoms with Crippen molar-refractivity contribution in [1.82, 2.24) is 20.4 Å². The second-order valence-corrected chi connectivity index (χ2v) is 6.31. The van der Waals surface area contributed by atoms with E-state index in [1.807, 2.05) is 42.1 Å². The lowest BCUT2D eigenvalue weighted by Gasteiger charge is -2.24. The molecule has 1 amide bonds. The lowest BCUT2D eigenvalue weighted by molar-refractivity contribution is -0.116. The van der Waals surface area contributed by atoms with E-state index in [0.717, 1.165) is 43.3 Å². The molecule has 0 aliphatic carbocycles. The van der Waals surface area contributed by atoms with Gasteiger partial charge >= 0.3 is 0 Å². The minimum absolute atomic E-state index is 0.0566. The minimum atomic E-state index is 0.0566. The fourth-order valence-electron chi connectivity index (χ4n) is 3.09. The Balaban J connectivity index is 1.56. The summed E-state index contributed by atoms with van der Waals surface area (Å²) in [5.74, 6) is 0.956. The van der Waals surface area contributed by atoms with Crippen LogP contribution in [0.5, 0.6) is 0 Å². The number of nitrogens with zero attached hydrogens (tertiary/aromatic N) is 3. The first-order chi connectivity index (χ1) is 12.8. The molecule has 26 heavy (non-hydrogen) atoms. The van der Waals surface area contributed by atoms with E-state index >= 15 is 0 Å².